The summed E-state index contributed by atoms with van der Waals surface area (Å²) in [6.07, 6.45) is 5.01. The monoisotopic (exact) mass is 378 g/mol. The van der Waals surface area contributed by atoms with E-state index in [1.807, 2.05) is 21.7 Å². The number of likely N-dealkylation sites (tertiary alicyclic amines) is 2. The Balaban J connectivity index is 0.000000146. The number of carbonyl (C=O) groups excluding carboxylic acids is 1. The maximum Gasteiger partial charge on any atom is 0.254 e. The summed E-state index contributed by atoms with van der Waals surface area (Å²) in [5.74, 6) is 0.203. The first kappa shape index (κ1) is 18.6. The fraction of sp³-hybridized carbons (Fsp3) is 0.526. The number of aliphatic hydroxyl groups is 1. The van der Waals surface area contributed by atoms with Crippen LogP contribution in [-0.2, 0) is 13.2 Å². The molecule has 0 bridgehead atoms. The Labute approximate surface area is 157 Å². The fourth-order valence-corrected chi connectivity index (χ4v) is 4.65. The molecule has 6 heteroatoms. The van der Waals surface area contributed by atoms with Crippen molar-refractivity contribution in [2.45, 2.75) is 38.8 Å². The summed E-state index contributed by atoms with van der Waals surface area (Å²) >= 11 is 3.24. The van der Waals surface area contributed by atoms with Crippen molar-refractivity contribution in [3.63, 3.8) is 0 Å². The Kier molecular flexibility index (Phi) is 7.04. The van der Waals surface area contributed by atoms with E-state index in [4.69, 9.17) is 5.11 Å². The first-order chi connectivity index (χ1) is 12.3. The molecule has 136 valence electrons. The van der Waals surface area contributed by atoms with Crippen molar-refractivity contribution in [1.82, 2.24) is 9.80 Å². The van der Waals surface area contributed by atoms with Crippen LogP contribution < -0.4 is 0 Å². The smallest absolute Gasteiger partial charge is 0.254 e. The Morgan fingerprint density at radius 3 is 2.40 bits per heavy atom. The number of hydrogen-bond acceptors (Lipinski definition) is 5. The highest BCUT2D eigenvalue weighted by atomic mass is 32.1. The van der Waals surface area contributed by atoms with Crippen LogP contribution in [0.1, 0.15) is 46.5 Å². The normalized spacial score (nSPS) is 17.6. The lowest BCUT2D eigenvalue weighted by atomic mass is 10.3. The molecular weight excluding hydrogens is 352 g/mol. The van der Waals surface area contributed by atoms with E-state index >= 15 is 0 Å². The van der Waals surface area contributed by atoms with Crippen LogP contribution in [0.25, 0.3) is 0 Å². The molecule has 2 saturated heterocycles. The lowest BCUT2D eigenvalue weighted by molar-refractivity contribution is 0.0793. The van der Waals surface area contributed by atoms with Crippen LogP contribution in [-0.4, -0.2) is 47.0 Å². The largest absolute Gasteiger partial charge is 0.391 e. The van der Waals surface area contributed by atoms with Crippen molar-refractivity contribution in [1.29, 1.82) is 0 Å². The number of amides is 1. The van der Waals surface area contributed by atoms with E-state index in [2.05, 4.69) is 16.3 Å². The second kappa shape index (κ2) is 9.48. The zero-order chi connectivity index (χ0) is 17.5. The minimum atomic E-state index is 0.185. The molecule has 0 saturated carbocycles. The van der Waals surface area contributed by atoms with Gasteiger partial charge in [-0.25, -0.2) is 0 Å². The molecule has 0 spiro atoms. The number of nitrogens with zero attached hydrogens (tertiary/aromatic N) is 2. The highest BCUT2D eigenvalue weighted by molar-refractivity contribution is 7.10. The van der Waals surface area contributed by atoms with Gasteiger partial charge < -0.3 is 10.0 Å². The minimum Gasteiger partial charge on any atom is -0.391 e. The Bertz CT molecular complexity index is 642. The first-order valence-corrected chi connectivity index (χ1v) is 10.8. The molecule has 1 amide bonds. The fourth-order valence-electron chi connectivity index (χ4n) is 3.28. The predicted octanol–water partition coefficient (Wildman–Crippen LogP) is 3.82. The summed E-state index contributed by atoms with van der Waals surface area (Å²) < 4.78 is 0. The van der Waals surface area contributed by atoms with Crippen LogP contribution in [0.5, 0.6) is 0 Å². The Morgan fingerprint density at radius 2 is 1.80 bits per heavy atom. The molecule has 4 nitrogen and oxygen atoms in total. The van der Waals surface area contributed by atoms with Crippen molar-refractivity contribution in [3.8, 4) is 0 Å². The lowest BCUT2D eigenvalue weighted by Crippen LogP contribution is -2.27. The summed E-state index contributed by atoms with van der Waals surface area (Å²) in [5, 5.41) is 14.9. The van der Waals surface area contributed by atoms with E-state index < -0.39 is 0 Å². The SMILES string of the molecule is O=C(c1ccsc1)N1CCCC1.OCc1cc(CN2CCCC2)cs1. The molecule has 4 heterocycles. The summed E-state index contributed by atoms with van der Waals surface area (Å²) in [4.78, 5) is 17.1. The Hall–Kier alpha value is -1.21. The summed E-state index contributed by atoms with van der Waals surface area (Å²) in [6, 6.07) is 4.01. The molecule has 1 N–H and O–H groups in total. The third kappa shape index (κ3) is 5.38. The van der Waals surface area contributed by atoms with Gasteiger partial charge >= 0.3 is 0 Å². The molecule has 0 radical (unpaired) electrons. The van der Waals surface area contributed by atoms with Crippen molar-refractivity contribution in [3.05, 3.63) is 44.3 Å². The lowest BCUT2D eigenvalue weighted by Gasteiger charge is -2.13. The predicted molar refractivity (Wildman–Crippen MR) is 104 cm³/mol. The number of hydrogen-bond donors (Lipinski definition) is 1. The van der Waals surface area contributed by atoms with Crippen LogP contribution in [0.15, 0.2) is 28.3 Å². The zero-order valence-corrected chi connectivity index (χ0v) is 16.2. The third-order valence-corrected chi connectivity index (χ3v) is 6.28. The van der Waals surface area contributed by atoms with E-state index in [0.29, 0.717) is 0 Å². The number of carbonyl (C=O) groups is 1. The highest BCUT2D eigenvalue weighted by Gasteiger charge is 2.19. The highest BCUT2D eigenvalue weighted by Crippen LogP contribution is 2.18. The number of thiophene rings is 2. The Morgan fingerprint density at radius 1 is 1.08 bits per heavy atom. The van der Waals surface area contributed by atoms with Crippen molar-refractivity contribution < 1.29 is 9.90 Å². The maximum atomic E-state index is 11.6. The molecule has 0 aliphatic carbocycles. The molecule has 2 aliphatic rings. The van der Waals surface area contributed by atoms with Gasteiger partial charge in [0, 0.05) is 29.9 Å². The van der Waals surface area contributed by atoms with Crippen molar-refractivity contribution in [2.75, 3.05) is 26.2 Å². The first-order valence-electron chi connectivity index (χ1n) is 8.97. The van der Waals surface area contributed by atoms with Gasteiger partial charge in [-0.3, -0.25) is 9.69 Å². The van der Waals surface area contributed by atoms with Gasteiger partial charge in [0.1, 0.15) is 0 Å². The van der Waals surface area contributed by atoms with Gasteiger partial charge in [0.05, 0.1) is 12.2 Å². The van der Waals surface area contributed by atoms with E-state index in [-0.39, 0.29) is 12.5 Å². The molecule has 4 rings (SSSR count). The van der Waals surface area contributed by atoms with Gasteiger partial charge in [0.25, 0.3) is 5.91 Å². The van der Waals surface area contributed by atoms with Gasteiger partial charge in [0.15, 0.2) is 0 Å². The molecule has 0 aromatic carbocycles. The van der Waals surface area contributed by atoms with Gasteiger partial charge in [-0.2, -0.15) is 11.3 Å². The molecule has 2 aromatic rings. The average Bonchev–Trinajstić information content (AvgIpc) is 3.43. The molecule has 2 aromatic heterocycles. The topological polar surface area (TPSA) is 43.8 Å². The van der Waals surface area contributed by atoms with E-state index in [1.54, 1.807) is 22.7 Å². The van der Waals surface area contributed by atoms with Crippen molar-refractivity contribution in [2.24, 2.45) is 0 Å². The molecule has 0 atom stereocenters. The minimum absolute atomic E-state index is 0.185. The molecular formula is C19H26N2O2S2. The van der Waals surface area contributed by atoms with Gasteiger partial charge in [-0.05, 0) is 67.2 Å². The van der Waals surface area contributed by atoms with Gasteiger partial charge in [-0.15, -0.1) is 11.3 Å². The molecule has 2 fully saturated rings. The second-order valence-electron chi connectivity index (χ2n) is 6.57. The number of aliphatic hydroxyl groups excluding tert-OH is 1. The standard InChI is InChI=1S/C10H15NOS.C9H11NOS/c12-7-10-5-9(8-13-10)6-11-3-1-2-4-11;11-9(8-3-6-12-7-8)10-4-1-2-5-10/h5,8,12H,1-4,6-7H2;3,6-7H,1-2,4-5H2. The van der Waals surface area contributed by atoms with Crippen molar-refractivity contribution >= 4 is 28.6 Å². The van der Waals surface area contributed by atoms with Crippen LogP contribution in [0.3, 0.4) is 0 Å². The third-order valence-electron chi connectivity index (χ3n) is 4.63. The van der Waals surface area contributed by atoms with Crippen LogP contribution in [0.4, 0.5) is 0 Å². The summed E-state index contributed by atoms with van der Waals surface area (Å²) in [6.45, 7) is 5.61. The second-order valence-corrected chi connectivity index (χ2v) is 8.35. The summed E-state index contributed by atoms with van der Waals surface area (Å²) in [5.41, 5.74) is 2.21. The van der Waals surface area contributed by atoms with Crippen LogP contribution in [0, 0.1) is 0 Å². The van der Waals surface area contributed by atoms with E-state index in [9.17, 15) is 4.79 Å². The van der Waals surface area contributed by atoms with Gasteiger partial charge in [-0.1, -0.05) is 0 Å². The maximum absolute atomic E-state index is 11.6. The van der Waals surface area contributed by atoms with Crippen LogP contribution >= 0.6 is 22.7 Å². The summed E-state index contributed by atoms with van der Waals surface area (Å²) in [7, 11) is 0. The quantitative estimate of drug-likeness (QED) is 0.880. The zero-order valence-electron chi connectivity index (χ0n) is 14.5. The van der Waals surface area contributed by atoms with E-state index in [0.717, 1.165) is 42.9 Å². The molecule has 2 aliphatic heterocycles. The number of rotatable bonds is 4. The molecule has 25 heavy (non-hydrogen) atoms. The van der Waals surface area contributed by atoms with Crippen LogP contribution in [0.2, 0.25) is 0 Å². The van der Waals surface area contributed by atoms with Gasteiger partial charge in [0.2, 0.25) is 0 Å². The molecule has 0 unspecified atom stereocenters. The average molecular weight is 379 g/mol. The van der Waals surface area contributed by atoms with E-state index in [1.165, 1.54) is 31.5 Å².